The summed E-state index contributed by atoms with van der Waals surface area (Å²) in [5, 5.41) is 0. The standard InChI is InChI=1S/C20H34N2O/c1-2-3-4-5-6-7-8-9-10-11-12-13-14-15-20(23)19-16-17-21-18-22-19/h16-18H,2-15H2,1H3. The molecule has 1 aromatic heterocycles. The van der Waals surface area contributed by atoms with Crippen molar-refractivity contribution in [2.75, 3.05) is 0 Å². The van der Waals surface area contributed by atoms with E-state index in [1.54, 1.807) is 12.3 Å². The lowest BCUT2D eigenvalue weighted by atomic mass is 10.0. The van der Waals surface area contributed by atoms with E-state index in [0.29, 0.717) is 12.1 Å². The highest BCUT2D eigenvalue weighted by Gasteiger charge is 2.05. The first kappa shape index (κ1) is 19.8. The van der Waals surface area contributed by atoms with Gasteiger partial charge in [-0.05, 0) is 12.5 Å². The Morgan fingerprint density at radius 1 is 0.826 bits per heavy atom. The molecule has 0 aliphatic carbocycles. The predicted molar refractivity (Wildman–Crippen MR) is 96.7 cm³/mol. The molecule has 0 fully saturated rings. The first-order valence-corrected chi connectivity index (χ1v) is 9.63. The predicted octanol–water partition coefficient (Wildman–Crippen LogP) is 6.14. The molecule has 0 bridgehead atoms. The van der Waals surface area contributed by atoms with Gasteiger partial charge in [0.05, 0.1) is 0 Å². The van der Waals surface area contributed by atoms with Crippen molar-refractivity contribution < 1.29 is 4.79 Å². The second-order valence-corrected chi connectivity index (χ2v) is 6.51. The Bertz CT molecular complexity index is 392. The smallest absolute Gasteiger partial charge is 0.181 e. The second kappa shape index (κ2) is 14.3. The zero-order chi connectivity index (χ0) is 16.6. The number of rotatable bonds is 15. The Kier molecular flexibility index (Phi) is 12.4. The maximum atomic E-state index is 11.9. The monoisotopic (exact) mass is 318 g/mol. The third-order valence-electron chi connectivity index (χ3n) is 4.38. The van der Waals surface area contributed by atoms with Crippen LogP contribution in [0.5, 0.6) is 0 Å². The number of nitrogens with zero attached hydrogens (tertiary/aromatic N) is 2. The van der Waals surface area contributed by atoms with Crippen LogP contribution >= 0.6 is 0 Å². The number of Topliss-reactive ketones (excluding diaryl/α,β-unsaturated/α-hetero) is 1. The third kappa shape index (κ3) is 11.0. The molecule has 0 aliphatic heterocycles. The molecule has 3 nitrogen and oxygen atoms in total. The number of aromatic nitrogens is 2. The van der Waals surface area contributed by atoms with Crippen LogP contribution in [0.1, 0.15) is 107 Å². The fourth-order valence-electron chi connectivity index (χ4n) is 2.89. The lowest BCUT2D eigenvalue weighted by Gasteiger charge is -2.03. The molecule has 0 amide bonds. The number of unbranched alkanes of at least 4 members (excludes halogenated alkanes) is 12. The second-order valence-electron chi connectivity index (χ2n) is 6.51. The minimum absolute atomic E-state index is 0.149. The van der Waals surface area contributed by atoms with Crippen LogP contribution < -0.4 is 0 Å². The maximum Gasteiger partial charge on any atom is 0.181 e. The molecule has 0 saturated heterocycles. The molecular formula is C20H34N2O. The van der Waals surface area contributed by atoms with Gasteiger partial charge in [0.25, 0.3) is 0 Å². The van der Waals surface area contributed by atoms with Gasteiger partial charge in [-0.3, -0.25) is 4.79 Å². The largest absolute Gasteiger partial charge is 0.292 e. The molecule has 0 spiro atoms. The van der Waals surface area contributed by atoms with Crippen molar-refractivity contribution in [3.63, 3.8) is 0 Å². The lowest BCUT2D eigenvalue weighted by Crippen LogP contribution is -2.01. The van der Waals surface area contributed by atoms with Gasteiger partial charge < -0.3 is 0 Å². The SMILES string of the molecule is CCCCCCCCCCCCCCCC(=O)c1ccncn1. The van der Waals surface area contributed by atoms with Crippen molar-refractivity contribution in [1.82, 2.24) is 9.97 Å². The van der Waals surface area contributed by atoms with Gasteiger partial charge in [-0.15, -0.1) is 0 Å². The maximum absolute atomic E-state index is 11.9. The Morgan fingerprint density at radius 2 is 1.35 bits per heavy atom. The van der Waals surface area contributed by atoms with Crippen LogP contribution in [-0.4, -0.2) is 15.8 Å². The van der Waals surface area contributed by atoms with Crippen molar-refractivity contribution >= 4 is 5.78 Å². The summed E-state index contributed by atoms with van der Waals surface area (Å²) in [4.78, 5) is 19.7. The Hall–Kier alpha value is -1.25. The molecule has 0 atom stereocenters. The molecule has 0 unspecified atom stereocenters. The van der Waals surface area contributed by atoms with Crippen LogP contribution in [0, 0.1) is 0 Å². The molecule has 3 heteroatoms. The molecule has 1 heterocycles. The van der Waals surface area contributed by atoms with E-state index in [0.717, 1.165) is 12.8 Å². The minimum Gasteiger partial charge on any atom is -0.292 e. The van der Waals surface area contributed by atoms with Crippen LogP contribution in [0.25, 0.3) is 0 Å². The first-order chi connectivity index (χ1) is 11.3. The van der Waals surface area contributed by atoms with E-state index in [2.05, 4.69) is 16.9 Å². The van der Waals surface area contributed by atoms with Crippen LogP contribution in [0.3, 0.4) is 0 Å². The van der Waals surface area contributed by atoms with Crippen LogP contribution in [0.4, 0.5) is 0 Å². The summed E-state index contributed by atoms with van der Waals surface area (Å²) < 4.78 is 0. The fourth-order valence-corrected chi connectivity index (χ4v) is 2.89. The number of ketones is 1. The third-order valence-corrected chi connectivity index (χ3v) is 4.38. The molecule has 0 radical (unpaired) electrons. The topological polar surface area (TPSA) is 42.9 Å². The van der Waals surface area contributed by atoms with E-state index in [-0.39, 0.29) is 5.78 Å². The van der Waals surface area contributed by atoms with Crippen LogP contribution in [0.2, 0.25) is 0 Å². The van der Waals surface area contributed by atoms with Crippen molar-refractivity contribution in [2.45, 2.75) is 96.8 Å². The number of hydrogen-bond acceptors (Lipinski definition) is 3. The van der Waals surface area contributed by atoms with Crippen molar-refractivity contribution in [3.05, 3.63) is 24.3 Å². The molecule has 0 N–H and O–H groups in total. The summed E-state index contributed by atoms with van der Waals surface area (Å²) in [6.07, 6.45) is 21.0. The van der Waals surface area contributed by atoms with Gasteiger partial charge in [0, 0.05) is 12.6 Å². The molecule has 0 saturated carbocycles. The van der Waals surface area contributed by atoms with E-state index in [1.807, 2.05) is 0 Å². The first-order valence-electron chi connectivity index (χ1n) is 9.63. The lowest BCUT2D eigenvalue weighted by molar-refractivity contribution is 0.0974. The van der Waals surface area contributed by atoms with Gasteiger partial charge in [0.15, 0.2) is 5.78 Å². The summed E-state index contributed by atoms with van der Waals surface area (Å²) in [5.74, 6) is 0.149. The highest BCUT2D eigenvalue weighted by molar-refractivity contribution is 5.93. The highest BCUT2D eigenvalue weighted by atomic mass is 16.1. The number of hydrogen-bond donors (Lipinski definition) is 0. The van der Waals surface area contributed by atoms with Gasteiger partial charge in [-0.25, -0.2) is 9.97 Å². The van der Waals surface area contributed by atoms with Crippen molar-refractivity contribution in [2.24, 2.45) is 0 Å². The van der Waals surface area contributed by atoms with E-state index in [9.17, 15) is 4.79 Å². The van der Waals surface area contributed by atoms with Gasteiger partial charge in [-0.1, -0.05) is 84.0 Å². The van der Waals surface area contributed by atoms with E-state index in [1.165, 1.54) is 77.0 Å². The van der Waals surface area contributed by atoms with Crippen molar-refractivity contribution in [3.8, 4) is 0 Å². The minimum atomic E-state index is 0.149. The van der Waals surface area contributed by atoms with E-state index >= 15 is 0 Å². The molecule has 1 aromatic rings. The van der Waals surface area contributed by atoms with Gasteiger partial charge in [0.1, 0.15) is 12.0 Å². The summed E-state index contributed by atoms with van der Waals surface area (Å²) >= 11 is 0. The normalized spacial score (nSPS) is 10.8. The van der Waals surface area contributed by atoms with Gasteiger partial charge in [-0.2, -0.15) is 0 Å². The van der Waals surface area contributed by atoms with E-state index in [4.69, 9.17) is 0 Å². The average molecular weight is 319 g/mol. The molecule has 1 rings (SSSR count). The summed E-state index contributed by atoms with van der Waals surface area (Å²) in [5.41, 5.74) is 0.555. The zero-order valence-electron chi connectivity index (χ0n) is 14.9. The summed E-state index contributed by atoms with van der Waals surface area (Å²) in [6, 6.07) is 1.70. The summed E-state index contributed by atoms with van der Waals surface area (Å²) in [6.45, 7) is 2.27. The molecule has 130 valence electrons. The molecule has 0 aliphatic rings. The Labute approximate surface area is 142 Å². The number of carbonyl (C=O) groups is 1. The van der Waals surface area contributed by atoms with Crippen LogP contribution in [-0.2, 0) is 0 Å². The number of carbonyl (C=O) groups excluding carboxylic acids is 1. The highest BCUT2D eigenvalue weighted by Crippen LogP contribution is 2.13. The zero-order valence-corrected chi connectivity index (χ0v) is 14.9. The summed E-state index contributed by atoms with van der Waals surface area (Å²) in [7, 11) is 0. The van der Waals surface area contributed by atoms with E-state index < -0.39 is 0 Å². The molecule has 23 heavy (non-hydrogen) atoms. The molecule has 0 aromatic carbocycles. The van der Waals surface area contributed by atoms with Gasteiger partial charge in [0.2, 0.25) is 0 Å². The van der Waals surface area contributed by atoms with Crippen molar-refractivity contribution in [1.29, 1.82) is 0 Å². The quantitative estimate of drug-likeness (QED) is 0.288. The molecular weight excluding hydrogens is 284 g/mol. The van der Waals surface area contributed by atoms with Gasteiger partial charge >= 0.3 is 0 Å². The average Bonchev–Trinajstić information content (AvgIpc) is 2.59. The van der Waals surface area contributed by atoms with Crippen LogP contribution in [0.15, 0.2) is 18.6 Å². The fraction of sp³-hybridized carbons (Fsp3) is 0.750. The Morgan fingerprint density at radius 3 is 1.83 bits per heavy atom. The Balaban J connectivity index is 1.82.